The van der Waals surface area contributed by atoms with Crippen molar-refractivity contribution in [1.82, 2.24) is 4.90 Å². The molecule has 1 fully saturated rings. The Morgan fingerprint density at radius 2 is 2.09 bits per heavy atom. The molecule has 0 aromatic heterocycles. The van der Waals surface area contributed by atoms with Crippen molar-refractivity contribution in [2.24, 2.45) is 11.7 Å². The normalized spacial score (nSPS) is 19.5. The molecule has 2 atom stereocenters. The van der Waals surface area contributed by atoms with E-state index in [9.17, 15) is 9.59 Å². The molecule has 2 N–H and O–H groups in total. The van der Waals surface area contributed by atoms with Gasteiger partial charge in [0, 0.05) is 25.6 Å². The van der Waals surface area contributed by atoms with E-state index in [1.54, 1.807) is 11.8 Å². The van der Waals surface area contributed by atoms with Crippen LogP contribution in [0.5, 0.6) is 0 Å². The third-order valence-electron chi connectivity index (χ3n) is 4.02. The zero-order chi connectivity index (χ0) is 15.9. The third-order valence-corrected chi connectivity index (χ3v) is 4.02. The van der Waals surface area contributed by atoms with Gasteiger partial charge in [-0.1, -0.05) is 30.3 Å². The number of benzene rings is 1. The molecule has 0 aliphatic carbocycles. The molecule has 0 spiro atoms. The van der Waals surface area contributed by atoms with Crippen molar-refractivity contribution in [2.75, 3.05) is 19.7 Å². The van der Waals surface area contributed by atoms with Gasteiger partial charge >= 0.3 is 5.97 Å². The molecule has 2 unspecified atom stereocenters. The molecule has 1 aliphatic heterocycles. The number of carbonyl (C=O) groups excluding carboxylic acids is 2. The minimum Gasteiger partial charge on any atom is -0.466 e. The second-order valence-electron chi connectivity index (χ2n) is 5.65. The fraction of sp³-hybridized carbons (Fsp3) is 0.529. The summed E-state index contributed by atoms with van der Waals surface area (Å²) in [6.07, 6.45) is 1.88. The lowest BCUT2D eigenvalue weighted by Crippen LogP contribution is -2.43. The third kappa shape index (κ3) is 4.31. The van der Waals surface area contributed by atoms with E-state index in [4.69, 9.17) is 10.5 Å². The summed E-state index contributed by atoms with van der Waals surface area (Å²) in [7, 11) is 0. The molecule has 120 valence electrons. The van der Waals surface area contributed by atoms with E-state index in [0.717, 1.165) is 18.4 Å². The van der Waals surface area contributed by atoms with Gasteiger partial charge in [0.1, 0.15) is 0 Å². The van der Waals surface area contributed by atoms with Crippen LogP contribution in [0.15, 0.2) is 30.3 Å². The van der Waals surface area contributed by atoms with E-state index in [2.05, 4.69) is 0 Å². The number of ether oxygens (including phenoxy) is 1. The lowest BCUT2D eigenvalue weighted by atomic mass is 9.97. The van der Waals surface area contributed by atoms with E-state index < -0.39 is 0 Å². The minimum absolute atomic E-state index is 0.00496. The van der Waals surface area contributed by atoms with Crippen molar-refractivity contribution < 1.29 is 14.3 Å². The number of piperidine rings is 1. The Morgan fingerprint density at radius 1 is 1.36 bits per heavy atom. The van der Waals surface area contributed by atoms with Gasteiger partial charge in [0.25, 0.3) is 0 Å². The average molecular weight is 304 g/mol. The summed E-state index contributed by atoms with van der Waals surface area (Å²) >= 11 is 0. The molecule has 1 aromatic rings. The highest BCUT2D eigenvalue weighted by Gasteiger charge is 2.29. The highest BCUT2D eigenvalue weighted by Crippen LogP contribution is 2.21. The van der Waals surface area contributed by atoms with Crippen LogP contribution in [-0.4, -0.2) is 36.5 Å². The average Bonchev–Trinajstić information content (AvgIpc) is 2.56. The lowest BCUT2D eigenvalue weighted by Gasteiger charge is -2.32. The van der Waals surface area contributed by atoms with Gasteiger partial charge in [-0.15, -0.1) is 0 Å². The Hall–Kier alpha value is -1.88. The van der Waals surface area contributed by atoms with Crippen molar-refractivity contribution in [2.45, 2.75) is 32.2 Å². The predicted octanol–water partition coefficient (Wildman–Crippen LogP) is 1.88. The largest absolute Gasteiger partial charge is 0.466 e. The number of nitrogens with two attached hydrogens (primary N) is 1. The molecule has 1 amide bonds. The number of likely N-dealkylation sites (tertiary alicyclic amines) is 1. The molecule has 0 saturated carbocycles. The van der Waals surface area contributed by atoms with Gasteiger partial charge in [0.05, 0.1) is 12.5 Å². The monoisotopic (exact) mass is 304 g/mol. The van der Waals surface area contributed by atoms with Gasteiger partial charge in [-0.05, 0) is 25.3 Å². The Balaban J connectivity index is 1.90. The smallest absolute Gasteiger partial charge is 0.310 e. The standard InChI is InChI=1S/C17H24N2O3/c1-2-22-17(21)14-9-6-10-19(12-14)16(20)11-15(18)13-7-4-3-5-8-13/h3-5,7-8,14-15H,2,6,9-12,18H2,1H3. The maximum Gasteiger partial charge on any atom is 0.310 e. The Morgan fingerprint density at radius 3 is 2.77 bits per heavy atom. The number of carbonyl (C=O) groups is 2. The fourth-order valence-corrected chi connectivity index (χ4v) is 2.79. The number of hydrogen-bond donors (Lipinski definition) is 1. The summed E-state index contributed by atoms with van der Waals surface area (Å²) in [4.78, 5) is 26.0. The summed E-state index contributed by atoms with van der Waals surface area (Å²) < 4.78 is 5.06. The Bertz CT molecular complexity index is 504. The van der Waals surface area contributed by atoms with Crippen LogP contribution in [-0.2, 0) is 14.3 Å². The fourth-order valence-electron chi connectivity index (χ4n) is 2.79. The van der Waals surface area contributed by atoms with Crippen molar-refractivity contribution in [3.05, 3.63) is 35.9 Å². The van der Waals surface area contributed by atoms with Crippen LogP contribution < -0.4 is 5.73 Å². The topological polar surface area (TPSA) is 72.6 Å². The van der Waals surface area contributed by atoms with Crippen molar-refractivity contribution in [3.63, 3.8) is 0 Å². The molecule has 1 aliphatic rings. The first-order valence-corrected chi connectivity index (χ1v) is 7.86. The summed E-state index contributed by atoms with van der Waals surface area (Å²) in [6.45, 7) is 3.31. The Labute approximate surface area is 131 Å². The number of nitrogens with zero attached hydrogens (tertiary/aromatic N) is 1. The van der Waals surface area contributed by atoms with Crippen molar-refractivity contribution in [1.29, 1.82) is 0 Å². The number of rotatable bonds is 5. The maximum absolute atomic E-state index is 12.4. The van der Waals surface area contributed by atoms with E-state index in [1.807, 2.05) is 30.3 Å². The second kappa shape index (κ2) is 7.94. The van der Waals surface area contributed by atoms with Gasteiger partial charge < -0.3 is 15.4 Å². The van der Waals surface area contributed by atoms with Crippen LogP contribution in [0.4, 0.5) is 0 Å². The number of esters is 1. The zero-order valence-corrected chi connectivity index (χ0v) is 13.0. The van der Waals surface area contributed by atoms with Gasteiger partial charge in [-0.3, -0.25) is 9.59 Å². The lowest BCUT2D eigenvalue weighted by molar-refractivity contribution is -0.151. The van der Waals surface area contributed by atoms with E-state index in [0.29, 0.717) is 19.7 Å². The number of amides is 1. The molecule has 0 bridgehead atoms. The van der Waals surface area contributed by atoms with Crippen LogP contribution in [0.3, 0.4) is 0 Å². The first-order valence-electron chi connectivity index (χ1n) is 7.86. The van der Waals surface area contributed by atoms with Crippen LogP contribution >= 0.6 is 0 Å². The van der Waals surface area contributed by atoms with Gasteiger partial charge in [-0.2, -0.15) is 0 Å². The molecule has 2 rings (SSSR count). The van der Waals surface area contributed by atoms with Crippen molar-refractivity contribution >= 4 is 11.9 Å². The molecule has 1 saturated heterocycles. The highest BCUT2D eigenvalue weighted by atomic mass is 16.5. The SMILES string of the molecule is CCOC(=O)C1CCCN(C(=O)CC(N)c2ccccc2)C1. The first-order chi connectivity index (χ1) is 10.6. The molecule has 1 heterocycles. The van der Waals surface area contributed by atoms with Crippen molar-refractivity contribution in [3.8, 4) is 0 Å². The first kappa shape index (κ1) is 16.5. The quantitative estimate of drug-likeness (QED) is 0.843. The van der Waals surface area contributed by atoms with Crippen LogP contribution in [0.2, 0.25) is 0 Å². The molecular weight excluding hydrogens is 280 g/mol. The van der Waals surface area contributed by atoms with Crippen LogP contribution in [0, 0.1) is 5.92 Å². The number of hydrogen-bond acceptors (Lipinski definition) is 4. The molecule has 0 radical (unpaired) electrons. The van der Waals surface area contributed by atoms with Crippen LogP contribution in [0.25, 0.3) is 0 Å². The predicted molar refractivity (Wildman–Crippen MR) is 83.9 cm³/mol. The highest BCUT2D eigenvalue weighted by molar-refractivity contribution is 5.79. The summed E-state index contributed by atoms with van der Waals surface area (Å²) in [6, 6.07) is 9.29. The maximum atomic E-state index is 12.4. The van der Waals surface area contributed by atoms with E-state index in [1.165, 1.54) is 0 Å². The van der Waals surface area contributed by atoms with Gasteiger partial charge in [-0.25, -0.2) is 0 Å². The molecule has 22 heavy (non-hydrogen) atoms. The van der Waals surface area contributed by atoms with Gasteiger partial charge in [0.15, 0.2) is 0 Å². The van der Waals surface area contributed by atoms with Gasteiger partial charge in [0.2, 0.25) is 5.91 Å². The van der Waals surface area contributed by atoms with E-state index >= 15 is 0 Å². The molecular formula is C17H24N2O3. The summed E-state index contributed by atoms with van der Waals surface area (Å²) in [5, 5.41) is 0. The minimum atomic E-state index is -0.309. The van der Waals surface area contributed by atoms with E-state index in [-0.39, 0.29) is 30.3 Å². The summed E-state index contributed by atoms with van der Waals surface area (Å²) in [5.41, 5.74) is 7.06. The molecule has 5 nitrogen and oxygen atoms in total. The summed E-state index contributed by atoms with van der Waals surface area (Å²) in [5.74, 6) is -0.400. The van der Waals surface area contributed by atoms with Crippen LogP contribution in [0.1, 0.15) is 37.8 Å². The molecule has 1 aromatic carbocycles. The zero-order valence-electron chi connectivity index (χ0n) is 13.0. The second-order valence-corrected chi connectivity index (χ2v) is 5.65. The molecule has 5 heteroatoms. The Kier molecular flexibility index (Phi) is 5.95.